The molecule has 2 atom stereocenters. The fraction of sp³-hybridized carbons (Fsp3) is 0.578. The lowest BCUT2D eigenvalue weighted by molar-refractivity contribution is -0.870. The minimum atomic E-state index is -1.64. The van der Waals surface area contributed by atoms with Gasteiger partial charge in [0, 0.05) is 12.8 Å². The zero-order chi connectivity index (χ0) is 53.4. The normalized spacial score (nSPS) is 13.9. The Kier molecular flexibility index (Phi) is 49.9. The van der Waals surface area contributed by atoms with Crippen LogP contribution in [0.4, 0.5) is 0 Å². The van der Waals surface area contributed by atoms with Gasteiger partial charge < -0.3 is 33.3 Å². The molecule has 73 heavy (non-hydrogen) atoms. The van der Waals surface area contributed by atoms with Crippen LogP contribution in [0.2, 0.25) is 0 Å². The Labute approximate surface area is 445 Å². The SMILES string of the molecule is CC/C=C\C/C=C\C/C=C\C/C=C\C/C=C\C/C=C\C/C=C\C/C=C\C/C=C\CCCCCC(=O)OC(COC(=O)CCCCCCCCC/C=C\C/C=C\C/C=C\CC)COC(OCC[N+](C)(C)C)C(=O)[O-]. The van der Waals surface area contributed by atoms with Crippen molar-refractivity contribution in [3.63, 3.8) is 0 Å². The third-order valence-electron chi connectivity index (χ3n) is 11.1. The number of carboxylic acids is 1. The number of unbranched alkanes of at least 4 members (excludes halogenated alkanes) is 10. The molecule has 0 aliphatic heterocycles. The monoisotopic (exact) mass is 1010 g/mol. The first-order valence-electron chi connectivity index (χ1n) is 28.0. The number of ether oxygens (including phenoxy) is 4. The van der Waals surface area contributed by atoms with E-state index in [1.54, 1.807) is 0 Å². The summed E-state index contributed by atoms with van der Waals surface area (Å²) < 4.78 is 22.6. The fourth-order valence-corrected chi connectivity index (χ4v) is 6.83. The van der Waals surface area contributed by atoms with E-state index in [4.69, 9.17) is 18.9 Å². The number of hydrogen-bond acceptors (Lipinski definition) is 8. The van der Waals surface area contributed by atoms with E-state index in [2.05, 4.69) is 160 Å². The molecule has 410 valence electrons. The smallest absolute Gasteiger partial charge is 0.306 e. The Morgan fingerprint density at radius 3 is 1.11 bits per heavy atom. The zero-order valence-electron chi connectivity index (χ0n) is 46.4. The Morgan fingerprint density at radius 1 is 0.411 bits per heavy atom. The molecule has 0 heterocycles. The Morgan fingerprint density at radius 2 is 0.740 bits per heavy atom. The summed E-state index contributed by atoms with van der Waals surface area (Å²) >= 11 is 0. The highest BCUT2D eigenvalue weighted by atomic mass is 16.7. The first kappa shape index (κ1) is 68.2. The van der Waals surface area contributed by atoms with Gasteiger partial charge in [-0.05, 0) is 116 Å². The Bertz CT molecular complexity index is 1700. The first-order valence-corrected chi connectivity index (χ1v) is 28.0. The van der Waals surface area contributed by atoms with Gasteiger partial charge in [0.25, 0.3) is 0 Å². The number of nitrogens with zero attached hydrogens (tertiary/aromatic N) is 1. The molecule has 0 rings (SSSR count). The van der Waals surface area contributed by atoms with E-state index in [1.165, 1.54) is 19.3 Å². The van der Waals surface area contributed by atoms with Gasteiger partial charge in [0.2, 0.25) is 0 Å². The summed E-state index contributed by atoms with van der Waals surface area (Å²) in [5, 5.41) is 11.8. The van der Waals surface area contributed by atoms with E-state index in [-0.39, 0.29) is 38.6 Å². The van der Waals surface area contributed by atoms with Crippen molar-refractivity contribution in [2.45, 2.75) is 193 Å². The molecule has 0 saturated heterocycles. The fourth-order valence-electron chi connectivity index (χ4n) is 6.83. The van der Waals surface area contributed by atoms with E-state index in [1.807, 2.05) is 21.1 Å². The number of aliphatic carboxylic acids is 1. The molecule has 0 fully saturated rings. The second-order valence-electron chi connectivity index (χ2n) is 19.1. The molecule has 0 aromatic rings. The van der Waals surface area contributed by atoms with Gasteiger partial charge in [-0.15, -0.1) is 0 Å². The molecule has 0 amide bonds. The van der Waals surface area contributed by atoms with E-state index in [0.29, 0.717) is 23.9 Å². The van der Waals surface area contributed by atoms with Crippen LogP contribution in [0, 0.1) is 0 Å². The van der Waals surface area contributed by atoms with Crippen LogP contribution in [-0.4, -0.2) is 82.3 Å². The predicted molar refractivity (Wildman–Crippen MR) is 306 cm³/mol. The Hall–Kier alpha value is -4.83. The van der Waals surface area contributed by atoms with Crippen molar-refractivity contribution in [1.29, 1.82) is 0 Å². The molecule has 0 aliphatic rings. The summed E-state index contributed by atoms with van der Waals surface area (Å²) in [6, 6.07) is 0. The van der Waals surface area contributed by atoms with Crippen molar-refractivity contribution in [3.05, 3.63) is 146 Å². The Balaban J connectivity index is 4.40. The second-order valence-corrected chi connectivity index (χ2v) is 19.1. The van der Waals surface area contributed by atoms with Crippen LogP contribution in [0.3, 0.4) is 0 Å². The van der Waals surface area contributed by atoms with Gasteiger partial charge in [-0.2, -0.15) is 0 Å². The van der Waals surface area contributed by atoms with Crippen LogP contribution in [0.15, 0.2) is 146 Å². The van der Waals surface area contributed by atoms with Crippen molar-refractivity contribution >= 4 is 17.9 Å². The van der Waals surface area contributed by atoms with Crippen LogP contribution in [0.5, 0.6) is 0 Å². The van der Waals surface area contributed by atoms with E-state index in [9.17, 15) is 19.5 Å². The van der Waals surface area contributed by atoms with Gasteiger partial charge in [-0.1, -0.05) is 198 Å². The largest absolute Gasteiger partial charge is 0.545 e. The molecular formula is C64H101NO8. The summed E-state index contributed by atoms with van der Waals surface area (Å²) in [7, 11) is 5.89. The van der Waals surface area contributed by atoms with Crippen molar-refractivity contribution < 1.29 is 42.9 Å². The number of carboxylic acid groups (broad SMARTS) is 1. The molecule has 0 saturated carbocycles. The summed E-state index contributed by atoms with van der Waals surface area (Å²) in [4.78, 5) is 37.2. The van der Waals surface area contributed by atoms with Crippen LogP contribution in [-0.2, 0) is 33.3 Å². The maximum Gasteiger partial charge on any atom is 0.306 e. The second kappa shape index (κ2) is 53.5. The van der Waals surface area contributed by atoms with Crippen molar-refractivity contribution in [2.75, 3.05) is 47.5 Å². The average molecular weight is 1010 g/mol. The maximum absolute atomic E-state index is 12.8. The molecule has 0 spiro atoms. The van der Waals surface area contributed by atoms with Crippen molar-refractivity contribution in [1.82, 2.24) is 0 Å². The molecule has 9 heteroatoms. The van der Waals surface area contributed by atoms with Gasteiger partial charge in [-0.25, -0.2) is 0 Å². The molecule has 0 aromatic carbocycles. The lowest BCUT2D eigenvalue weighted by atomic mass is 10.1. The van der Waals surface area contributed by atoms with Gasteiger partial charge in [0.15, 0.2) is 12.4 Å². The van der Waals surface area contributed by atoms with Crippen LogP contribution >= 0.6 is 0 Å². The molecule has 0 aromatic heterocycles. The highest BCUT2D eigenvalue weighted by Crippen LogP contribution is 2.13. The maximum atomic E-state index is 12.8. The number of likely N-dealkylation sites (N-methyl/N-ethyl adjacent to an activating group) is 1. The molecule has 0 N–H and O–H groups in total. The molecule has 0 radical (unpaired) electrons. The highest BCUT2D eigenvalue weighted by molar-refractivity contribution is 5.70. The summed E-state index contributed by atoms with van der Waals surface area (Å²) in [5.74, 6) is -2.36. The molecule has 0 bridgehead atoms. The van der Waals surface area contributed by atoms with Gasteiger partial charge in [0.1, 0.15) is 13.2 Å². The summed E-state index contributed by atoms with van der Waals surface area (Å²) in [6.45, 7) is 4.44. The summed E-state index contributed by atoms with van der Waals surface area (Å²) in [6.07, 6.45) is 74.6. The number of quaternary nitrogens is 1. The number of rotatable bonds is 49. The number of carbonyl (C=O) groups excluding carboxylic acids is 3. The third-order valence-corrected chi connectivity index (χ3v) is 11.1. The number of carbonyl (C=O) groups is 3. The first-order chi connectivity index (χ1) is 35.6. The number of esters is 2. The van der Waals surface area contributed by atoms with Crippen LogP contribution in [0.25, 0.3) is 0 Å². The van der Waals surface area contributed by atoms with E-state index < -0.39 is 24.3 Å². The lowest BCUT2D eigenvalue weighted by Gasteiger charge is -2.26. The van der Waals surface area contributed by atoms with Crippen LogP contribution in [0.1, 0.15) is 181 Å². The minimum Gasteiger partial charge on any atom is -0.545 e. The molecular weight excluding hydrogens is 911 g/mol. The van der Waals surface area contributed by atoms with Crippen molar-refractivity contribution in [2.24, 2.45) is 0 Å². The topological polar surface area (TPSA) is 111 Å². The van der Waals surface area contributed by atoms with Gasteiger partial charge in [-0.3, -0.25) is 9.59 Å². The van der Waals surface area contributed by atoms with Gasteiger partial charge in [0.05, 0.1) is 40.3 Å². The quantitative estimate of drug-likeness (QED) is 0.0195. The van der Waals surface area contributed by atoms with E-state index >= 15 is 0 Å². The lowest BCUT2D eigenvalue weighted by Crippen LogP contribution is -2.44. The zero-order valence-corrected chi connectivity index (χ0v) is 46.4. The standard InChI is InChI=1S/C64H101NO8/c1-6-8-10-12-14-16-18-20-22-24-25-26-27-28-29-30-31-32-33-34-35-36-37-39-41-43-45-47-49-51-53-55-62(67)73-60(59-72-64(63(68)69)70-57-56-65(3,4)5)58-71-61(66)54-52-50-48-46-44-42-40-38-23-21-19-17-15-13-11-9-7-2/h8-11,14-17,20-23,25-26,28-29,31-32,34-35,37,39,43,45,60,64H,6-7,12-13,18-19,24,27,30,33,36,38,40-42,44,46-59H2,1-5H3/b10-8-,11-9-,16-14-,17-15-,22-20-,23-21-,26-25-,29-28-,32-31-,35-34-,39-37-,45-43-. The van der Waals surface area contributed by atoms with Crippen LogP contribution < -0.4 is 5.11 Å². The highest BCUT2D eigenvalue weighted by Gasteiger charge is 2.21. The van der Waals surface area contributed by atoms with Crippen molar-refractivity contribution in [3.8, 4) is 0 Å². The van der Waals surface area contributed by atoms with Gasteiger partial charge >= 0.3 is 11.9 Å². The third kappa shape index (κ3) is 54.8. The number of allylic oxidation sites excluding steroid dienone is 24. The minimum absolute atomic E-state index is 0.130. The number of hydrogen-bond donors (Lipinski definition) is 0. The molecule has 0 aliphatic carbocycles. The predicted octanol–water partition coefficient (Wildman–Crippen LogP) is 15.1. The molecule has 9 nitrogen and oxygen atoms in total. The average Bonchev–Trinajstić information content (AvgIpc) is 3.36. The van der Waals surface area contributed by atoms with E-state index in [0.717, 1.165) is 122 Å². The summed E-state index contributed by atoms with van der Waals surface area (Å²) in [5.41, 5.74) is 0. The molecule has 2 unspecified atom stereocenters.